The number of hydrogen-bond donors (Lipinski definition) is 0. The average Bonchev–Trinajstić information content (AvgIpc) is 3.47. The Bertz CT molecular complexity index is 1190. The first kappa shape index (κ1) is 22.4. The Morgan fingerprint density at radius 1 is 0.941 bits per heavy atom. The molecule has 0 bridgehead atoms. The van der Waals surface area contributed by atoms with Gasteiger partial charge in [-0.15, -0.1) is 0 Å². The number of rotatable bonds is 8. The summed E-state index contributed by atoms with van der Waals surface area (Å²) in [5, 5.41) is 0.694. The van der Waals surface area contributed by atoms with Crippen molar-refractivity contribution in [1.82, 2.24) is 9.88 Å². The molecule has 0 atom stereocenters. The van der Waals surface area contributed by atoms with Gasteiger partial charge >= 0.3 is 0 Å². The van der Waals surface area contributed by atoms with E-state index in [9.17, 15) is 4.79 Å². The molecule has 0 fully saturated rings. The first-order valence-corrected chi connectivity index (χ1v) is 12.2. The van der Waals surface area contributed by atoms with Crippen LogP contribution in [0, 0.1) is 0 Å². The molecule has 0 spiro atoms. The topological polar surface area (TPSA) is 54.9 Å². The number of anilines is 1. The highest BCUT2D eigenvalue weighted by molar-refractivity contribution is 7.22. The Hall–Kier alpha value is -3.42. The lowest BCUT2D eigenvalue weighted by Crippen LogP contribution is -2.37. The molecule has 0 unspecified atom stereocenters. The zero-order chi connectivity index (χ0) is 23.5. The highest BCUT2D eigenvalue weighted by Gasteiger charge is 2.30. The SMILES string of the molecule is CN(C)CCCN(C(=O)C(c1ccccc1)c1ccccc1)c1nc2cc3c(cc2s1)OCO3. The molecule has 1 amide bonds. The van der Waals surface area contributed by atoms with Crippen LogP contribution >= 0.6 is 11.3 Å². The number of carbonyl (C=O) groups excluding carboxylic acids is 1. The molecule has 5 rings (SSSR count). The predicted molar refractivity (Wildman–Crippen MR) is 136 cm³/mol. The van der Waals surface area contributed by atoms with E-state index in [0.29, 0.717) is 17.4 Å². The van der Waals surface area contributed by atoms with Crippen LogP contribution in [0.15, 0.2) is 72.8 Å². The molecule has 0 aliphatic carbocycles. The Kier molecular flexibility index (Phi) is 6.47. The van der Waals surface area contributed by atoms with E-state index < -0.39 is 5.92 Å². The lowest BCUT2D eigenvalue weighted by molar-refractivity contribution is -0.119. The summed E-state index contributed by atoms with van der Waals surface area (Å²) in [4.78, 5) is 23.1. The van der Waals surface area contributed by atoms with Gasteiger partial charge < -0.3 is 14.4 Å². The molecule has 0 radical (unpaired) electrons. The molecule has 174 valence electrons. The number of nitrogens with zero attached hydrogens (tertiary/aromatic N) is 3. The van der Waals surface area contributed by atoms with E-state index in [4.69, 9.17) is 14.5 Å². The first-order valence-electron chi connectivity index (χ1n) is 11.4. The second kappa shape index (κ2) is 9.83. The number of carbonyl (C=O) groups is 1. The predicted octanol–water partition coefficient (Wildman–Crippen LogP) is 5.14. The summed E-state index contributed by atoms with van der Waals surface area (Å²) in [6.07, 6.45) is 0.841. The van der Waals surface area contributed by atoms with E-state index in [0.717, 1.165) is 40.1 Å². The molecule has 2 heterocycles. The minimum Gasteiger partial charge on any atom is -0.454 e. The van der Waals surface area contributed by atoms with Crippen LogP contribution in [0.3, 0.4) is 0 Å². The molecule has 3 aromatic carbocycles. The fourth-order valence-corrected chi connectivity index (χ4v) is 5.20. The molecular weight excluding hydrogens is 446 g/mol. The number of aromatic nitrogens is 1. The van der Waals surface area contributed by atoms with Crippen molar-refractivity contribution in [3.63, 3.8) is 0 Å². The monoisotopic (exact) mass is 473 g/mol. The van der Waals surface area contributed by atoms with E-state index in [1.54, 1.807) is 0 Å². The number of fused-ring (bicyclic) bond motifs is 2. The maximum atomic E-state index is 14.2. The highest BCUT2D eigenvalue weighted by atomic mass is 32.1. The maximum Gasteiger partial charge on any atom is 0.240 e. The Morgan fingerprint density at radius 3 is 2.18 bits per heavy atom. The smallest absolute Gasteiger partial charge is 0.240 e. The van der Waals surface area contributed by atoms with Crippen molar-refractivity contribution >= 4 is 32.6 Å². The minimum atomic E-state index is -0.412. The third kappa shape index (κ3) is 4.62. The fourth-order valence-electron chi connectivity index (χ4n) is 4.19. The van der Waals surface area contributed by atoms with Gasteiger partial charge in [-0.2, -0.15) is 0 Å². The zero-order valence-electron chi connectivity index (χ0n) is 19.3. The van der Waals surface area contributed by atoms with E-state index in [1.165, 1.54) is 11.3 Å². The van der Waals surface area contributed by atoms with Crippen LogP contribution in [0.25, 0.3) is 10.2 Å². The summed E-state index contributed by atoms with van der Waals surface area (Å²) < 4.78 is 12.0. The van der Waals surface area contributed by atoms with Gasteiger partial charge in [0.15, 0.2) is 16.6 Å². The standard InChI is InChI=1S/C27H27N3O3S/c1-29(2)14-9-15-30(27-28-21-16-22-23(33-18-32-22)17-24(21)34-27)26(31)25(19-10-5-3-6-11-19)20-12-7-4-8-13-20/h3-8,10-13,16-17,25H,9,14-15,18H2,1-2H3. The minimum absolute atomic E-state index is 0.0234. The van der Waals surface area contributed by atoms with Crippen molar-refractivity contribution in [3.05, 3.63) is 83.9 Å². The molecule has 6 nitrogen and oxygen atoms in total. The van der Waals surface area contributed by atoms with Gasteiger partial charge in [0.2, 0.25) is 12.7 Å². The molecule has 34 heavy (non-hydrogen) atoms. The average molecular weight is 474 g/mol. The van der Waals surface area contributed by atoms with Gasteiger partial charge in [0.05, 0.1) is 16.1 Å². The molecule has 4 aromatic rings. The van der Waals surface area contributed by atoms with Crippen LogP contribution in [-0.2, 0) is 4.79 Å². The highest BCUT2D eigenvalue weighted by Crippen LogP contribution is 2.40. The zero-order valence-corrected chi connectivity index (χ0v) is 20.1. The van der Waals surface area contributed by atoms with Crippen LogP contribution in [-0.4, -0.2) is 49.8 Å². The number of ether oxygens (including phenoxy) is 2. The lowest BCUT2D eigenvalue weighted by Gasteiger charge is -2.26. The number of benzene rings is 3. The number of amides is 1. The molecular formula is C27H27N3O3S. The maximum absolute atomic E-state index is 14.2. The van der Waals surface area contributed by atoms with Gasteiger partial charge in [-0.3, -0.25) is 9.69 Å². The Morgan fingerprint density at radius 2 is 1.56 bits per heavy atom. The molecule has 0 N–H and O–H groups in total. The van der Waals surface area contributed by atoms with Gasteiger partial charge in [-0.25, -0.2) is 4.98 Å². The van der Waals surface area contributed by atoms with E-state index in [2.05, 4.69) is 4.90 Å². The molecule has 1 aliphatic rings. The van der Waals surface area contributed by atoms with Crippen molar-refractivity contribution < 1.29 is 14.3 Å². The molecule has 7 heteroatoms. The molecule has 1 aromatic heterocycles. The molecule has 0 saturated heterocycles. The quantitative estimate of drug-likeness (QED) is 0.355. The van der Waals surface area contributed by atoms with Gasteiger partial charge in [-0.05, 0) is 38.2 Å². The summed E-state index contributed by atoms with van der Waals surface area (Å²) in [5.41, 5.74) is 2.75. The summed E-state index contributed by atoms with van der Waals surface area (Å²) in [7, 11) is 4.09. The van der Waals surface area contributed by atoms with Crippen LogP contribution in [0.2, 0.25) is 0 Å². The number of thiazole rings is 1. The third-order valence-electron chi connectivity index (χ3n) is 5.87. The Balaban J connectivity index is 1.55. The van der Waals surface area contributed by atoms with Crippen molar-refractivity contribution in [1.29, 1.82) is 0 Å². The second-order valence-corrected chi connectivity index (χ2v) is 9.58. The largest absolute Gasteiger partial charge is 0.454 e. The summed E-state index contributed by atoms with van der Waals surface area (Å²) >= 11 is 1.51. The lowest BCUT2D eigenvalue weighted by atomic mass is 9.90. The van der Waals surface area contributed by atoms with Crippen LogP contribution < -0.4 is 14.4 Å². The summed E-state index contributed by atoms with van der Waals surface area (Å²) in [5.74, 6) is 1.03. The Labute approximate surface area is 203 Å². The van der Waals surface area contributed by atoms with Crippen LogP contribution in [0.4, 0.5) is 5.13 Å². The normalized spacial score (nSPS) is 12.6. The van der Waals surface area contributed by atoms with Gasteiger partial charge in [0.1, 0.15) is 0 Å². The summed E-state index contributed by atoms with van der Waals surface area (Å²) in [6.45, 7) is 1.69. The van der Waals surface area contributed by atoms with E-state index in [1.807, 2.05) is 91.8 Å². The van der Waals surface area contributed by atoms with Gasteiger partial charge in [-0.1, -0.05) is 72.0 Å². The summed E-state index contributed by atoms with van der Waals surface area (Å²) in [6, 6.07) is 23.8. The van der Waals surface area contributed by atoms with Gasteiger partial charge in [0, 0.05) is 18.7 Å². The van der Waals surface area contributed by atoms with E-state index >= 15 is 0 Å². The number of hydrogen-bond acceptors (Lipinski definition) is 6. The second-order valence-electron chi connectivity index (χ2n) is 8.57. The van der Waals surface area contributed by atoms with E-state index in [-0.39, 0.29) is 12.7 Å². The van der Waals surface area contributed by atoms with Gasteiger partial charge in [0.25, 0.3) is 0 Å². The van der Waals surface area contributed by atoms with Crippen molar-refractivity contribution in [2.45, 2.75) is 12.3 Å². The van der Waals surface area contributed by atoms with Crippen LogP contribution in [0.5, 0.6) is 11.5 Å². The third-order valence-corrected chi connectivity index (χ3v) is 6.91. The van der Waals surface area contributed by atoms with Crippen molar-refractivity contribution in [3.8, 4) is 11.5 Å². The molecule has 0 saturated carbocycles. The van der Waals surface area contributed by atoms with Crippen molar-refractivity contribution in [2.75, 3.05) is 38.9 Å². The molecule has 1 aliphatic heterocycles. The van der Waals surface area contributed by atoms with Crippen LogP contribution in [0.1, 0.15) is 23.5 Å². The van der Waals surface area contributed by atoms with Crippen molar-refractivity contribution in [2.24, 2.45) is 0 Å². The first-order chi connectivity index (χ1) is 16.6. The fraction of sp³-hybridized carbons (Fsp3) is 0.259.